The van der Waals surface area contributed by atoms with Crippen LogP contribution in [0.15, 0.2) is 39.0 Å². The lowest BCUT2D eigenvalue weighted by Gasteiger charge is -2.13. The molecule has 1 aliphatic heterocycles. The Kier molecular flexibility index (Phi) is 3.78. The van der Waals surface area contributed by atoms with E-state index in [1.807, 2.05) is 0 Å². The third-order valence-corrected chi connectivity index (χ3v) is 3.30. The van der Waals surface area contributed by atoms with Gasteiger partial charge in [0.2, 0.25) is 0 Å². The maximum absolute atomic E-state index is 11.2. The normalized spacial score (nSPS) is 21.6. The third kappa shape index (κ3) is 2.72. The number of alkyl halides is 1. The molecule has 0 aromatic carbocycles. The second-order valence-corrected chi connectivity index (χ2v) is 4.93. The van der Waals surface area contributed by atoms with E-state index in [4.69, 9.17) is 33.4 Å². The standard InChI is InChI=1S/C12H9Cl2NO4/c13-5-3-7(14)10-6(1-2-9(16)17)11(12(18)19)15-8(10)4-5/h3-5H,1-2H2,(H,16,17)(H,18,19). The molecule has 2 N–H and O–H groups in total. The summed E-state index contributed by atoms with van der Waals surface area (Å²) >= 11 is 12.0. The van der Waals surface area contributed by atoms with Gasteiger partial charge in [-0.05, 0) is 24.1 Å². The Morgan fingerprint density at radius 1 is 1.32 bits per heavy atom. The van der Waals surface area contributed by atoms with Crippen molar-refractivity contribution in [2.45, 2.75) is 18.2 Å². The van der Waals surface area contributed by atoms with Gasteiger partial charge < -0.3 is 10.2 Å². The zero-order valence-electron chi connectivity index (χ0n) is 9.56. The van der Waals surface area contributed by atoms with E-state index in [9.17, 15) is 9.59 Å². The summed E-state index contributed by atoms with van der Waals surface area (Å²) in [6, 6.07) is 0. The van der Waals surface area contributed by atoms with Crippen LogP contribution in [-0.2, 0) is 9.59 Å². The first-order valence-corrected chi connectivity index (χ1v) is 6.23. The molecule has 0 saturated heterocycles. The lowest BCUT2D eigenvalue weighted by atomic mass is 9.96. The zero-order chi connectivity index (χ0) is 14.2. The first-order chi connectivity index (χ1) is 8.90. The van der Waals surface area contributed by atoms with Crippen LogP contribution in [0.4, 0.5) is 0 Å². The summed E-state index contributed by atoms with van der Waals surface area (Å²) in [7, 11) is 0. The first-order valence-electron chi connectivity index (χ1n) is 5.41. The largest absolute Gasteiger partial charge is 0.481 e. The predicted octanol–water partition coefficient (Wildman–Crippen LogP) is 2.31. The van der Waals surface area contributed by atoms with Gasteiger partial charge in [-0.25, -0.2) is 9.79 Å². The van der Waals surface area contributed by atoms with Gasteiger partial charge in [-0.15, -0.1) is 11.6 Å². The van der Waals surface area contributed by atoms with E-state index in [1.165, 1.54) is 0 Å². The van der Waals surface area contributed by atoms with Crippen molar-refractivity contribution in [2.75, 3.05) is 0 Å². The quantitative estimate of drug-likeness (QED) is 0.780. The highest BCUT2D eigenvalue weighted by Crippen LogP contribution is 2.39. The predicted molar refractivity (Wildman–Crippen MR) is 70.6 cm³/mol. The highest BCUT2D eigenvalue weighted by Gasteiger charge is 2.32. The number of carbonyl (C=O) groups is 2. The van der Waals surface area contributed by atoms with Crippen LogP contribution in [0.1, 0.15) is 12.8 Å². The number of rotatable bonds is 4. The molecule has 5 nitrogen and oxygen atoms in total. The highest BCUT2D eigenvalue weighted by atomic mass is 35.5. The first kappa shape index (κ1) is 13.8. The van der Waals surface area contributed by atoms with Crippen LogP contribution in [0.5, 0.6) is 0 Å². The molecule has 19 heavy (non-hydrogen) atoms. The molecular weight excluding hydrogens is 293 g/mol. The average Bonchev–Trinajstić information content (AvgIpc) is 2.64. The number of carboxylic acid groups (broad SMARTS) is 2. The van der Waals surface area contributed by atoms with Crippen molar-refractivity contribution in [3.63, 3.8) is 0 Å². The van der Waals surface area contributed by atoms with Crippen LogP contribution in [-0.4, -0.2) is 33.2 Å². The SMILES string of the molecule is O=C(O)CCC1=C2C(Cl)=CC(Cl)C=C2N=C1C(=O)O. The molecule has 1 unspecified atom stereocenters. The van der Waals surface area contributed by atoms with Gasteiger partial charge in [0.25, 0.3) is 0 Å². The second kappa shape index (κ2) is 5.19. The summed E-state index contributed by atoms with van der Waals surface area (Å²) in [6.07, 6.45) is 3.01. The van der Waals surface area contributed by atoms with Crippen molar-refractivity contribution >= 4 is 40.9 Å². The molecule has 0 bridgehead atoms. The number of hydrogen-bond donors (Lipinski definition) is 2. The second-order valence-electron chi connectivity index (χ2n) is 4.02. The monoisotopic (exact) mass is 301 g/mol. The number of allylic oxidation sites excluding steroid dienone is 3. The number of carboxylic acids is 2. The summed E-state index contributed by atoms with van der Waals surface area (Å²) in [5, 5.41) is 17.7. The van der Waals surface area contributed by atoms with E-state index >= 15 is 0 Å². The van der Waals surface area contributed by atoms with Crippen molar-refractivity contribution in [2.24, 2.45) is 4.99 Å². The molecule has 0 aromatic rings. The summed E-state index contributed by atoms with van der Waals surface area (Å²) in [6.45, 7) is 0. The minimum absolute atomic E-state index is 0.0597. The van der Waals surface area contributed by atoms with Crippen LogP contribution < -0.4 is 0 Å². The maximum Gasteiger partial charge on any atom is 0.354 e. The minimum atomic E-state index is -1.21. The minimum Gasteiger partial charge on any atom is -0.481 e. The van der Waals surface area contributed by atoms with Crippen molar-refractivity contribution in [3.05, 3.63) is 34.0 Å². The number of fused-ring (bicyclic) bond motifs is 1. The van der Waals surface area contributed by atoms with Crippen LogP contribution in [0.2, 0.25) is 0 Å². The summed E-state index contributed by atoms with van der Waals surface area (Å²) in [5.74, 6) is -2.22. The fourth-order valence-electron chi connectivity index (χ4n) is 1.98. The molecule has 1 atom stereocenters. The molecule has 0 amide bonds. The summed E-state index contributed by atoms with van der Waals surface area (Å²) in [4.78, 5) is 25.8. The number of aliphatic imine (C=N–C) groups is 1. The van der Waals surface area contributed by atoms with E-state index in [1.54, 1.807) is 12.2 Å². The highest BCUT2D eigenvalue weighted by molar-refractivity contribution is 6.45. The lowest BCUT2D eigenvalue weighted by molar-refractivity contribution is -0.137. The topological polar surface area (TPSA) is 87.0 Å². The van der Waals surface area contributed by atoms with E-state index in [0.29, 0.717) is 21.9 Å². The molecule has 0 aromatic heterocycles. The molecule has 0 saturated carbocycles. The van der Waals surface area contributed by atoms with Crippen LogP contribution in [0, 0.1) is 0 Å². The molecule has 0 radical (unpaired) electrons. The maximum atomic E-state index is 11.2. The average molecular weight is 302 g/mol. The Labute approximate surface area is 118 Å². The molecule has 1 aliphatic carbocycles. The Hall–Kier alpha value is -1.59. The molecule has 7 heteroatoms. The van der Waals surface area contributed by atoms with Gasteiger partial charge in [0.05, 0.1) is 11.1 Å². The number of hydrogen-bond acceptors (Lipinski definition) is 3. The zero-order valence-corrected chi connectivity index (χ0v) is 11.1. The molecule has 1 heterocycles. The molecular formula is C12H9Cl2NO4. The van der Waals surface area contributed by atoms with Gasteiger partial charge in [0.1, 0.15) is 0 Å². The van der Waals surface area contributed by atoms with Gasteiger partial charge in [-0.3, -0.25) is 4.79 Å². The fraction of sp³-hybridized carbons (Fsp3) is 0.250. The van der Waals surface area contributed by atoms with Crippen molar-refractivity contribution in [3.8, 4) is 0 Å². The molecule has 100 valence electrons. The van der Waals surface area contributed by atoms with Crippen molar-refractivity contribution in [1.29, 1.82) is 0 Å². The van der Waals surface area contributed by atoms with Gasteiger partial charge in [0, 0.05) is 17.0 Å². The van der Waals surface area contributed by atoms with Crippen LogP contribution >= 0.6 is 23.2 Å². The Morgan fingerprint density at radius 3 is 2.58 bits per heavy atom. The molecule has 0 spiro atoms. The van der Waals surface area contributed by atoms with E-state index in [2.05, 4.69) is 4.99 Å². The third-order valence-electron chi connectivity index (χ3n) is 2.73. The Bertz CT molecular complexity index is 587. The van der Waals surface area contributed by atoms with Gasteiger partial charge in [0.15, 0.2) is 5.71 Å². The lowest BCUT2D eigenvalue weighted by Crippen LogP contribution is -2.15. The molecule has 0 fully saturated rings. The Morgan fingerprint density at radius 2 is 2.00 bits per heavy atom. The fourth-order valence-corrected chi connectivity index (χ4v) is 2.63. The smallest absolute Gasteiger partial charge is 0.354 e. The van der Waals surface area contributed by atoms with E-state index in [-0.39, 0.29) is 18.6 Å². The summed E-state index contributed by atoms with van der Waals surface area (Å²) in [5.41, 5.74) is 1.04. The number of aliphatic carboxylic acids is 2. The number of nitrogens with zero attached hydrogens (tertiary/aromatic N) is 1. The van der Waals surface area contributed by atoms with Crippen molar-refractivity contribution in [1.82, 2.24) is 0 Å². The van der Waals surface area contributed by atoms with E-state index in [0.717, 1.165) is 0 Å². The Balaban J connectivity index is 2.46. The van der Waals surface area contributed by atoms with Crippen molar-refractivity contribution < 1.29 is 19.8 Å². The van der Waals surface area contributed by atoms with E-state index < -0.39 is 17.3 Å². The van der Waals surface area contributed by atoms with Crippen LogP contribution in [0.3, 0.4) is 0 Å². The molecule has 2 rings (SSSR count). The molecule has 2 aliphatic rings. The van der Waals surface area contributed by atoms with Gasteiger partial charge in [-0.1, -0.05) is 11.6 Å². The number of halogens is 2. The summed E-state index contributed by atoms with van der Waals surface area (Å²) < 4.78 is 0. The van der Waals surface area contributed by atoms with Crippen LogP contribution in [0.25, 0.3) is 0 Å². The van der Waals surface area contributed by atoms with Gasteiger partial charge >= 0.3 is 11.9 Å². The van der Waals surface area contributed by atoms with Gasteiger partial charge in [-0.2, -0.15) is 0 Å².